The van der Waals surface area contributed by atoms with E-state index in [-0.39, 0.29) is 5.91 Å². The third-order valence-electron chi connectivity index (χ3n) is 3.73. The lowest BCUT2D eigenvalue weighted by Crippen LogP contribution is -2.31. The van der Waals surface area contributed by atoms with Crippen LogP contribution in [-0.2, 0) is 11.3 Å². The normalized spacial score (nSPS) is 10.6. The Morgan fingerprint density at radius 3 is 2.24 bits per heavy atom. The van der Waals surface area contributed by atoms with Crippen molar-refractivity contribution in [3.05, 3.63) is 29.8 Å². The molecule has 3 heteroatoms. The van der Waals surface area contributed by atoms with E-state index in [1.807, 2.05) is 29.2 Å². The van der Waals surface area contributed by atoms with E-state index in [4.69, 9.17) is 5.73 Å². The summed E-state index contributed by atoms with van der Waals surface area (Å²) in [5.41, 5.74) is 7.71. The summed E-state index contributed by atoms with van der Waals surface area (Å²) in [4.78, 5) is 14.3. The maximum absolute atomic E-state index is 12.4. The van der Waals surface area contributed by atoms with E-state index in [2.05, 4.69) is 13.8 Å². The molecule has 118 valence electrons. The molecule has 1 rings (SSSR count). The first-order valence-corrected chi connectivity index (χ1v) is 8.32. The molecule has 0 spiro atoms. The van der Waals surface area contributed by atoms with Gasteiger partial charge in [-0.25, -0.2) is 0 Å². The first-order chi connectivity index (χ1) is 10.2. The van der Waals surface area contributed by atoms with E-state index in [0.29, 0.717) is 13.0 Å². The zero-order valence-electron chi connectivity index (χ0n) is 13.6. The van der Waals surface area contributed by atoms with Gasteiger partial charge in [-0.1, -0.05) is 51.7 Å². The van der Waals surface area contributed by atoms with Gasteiger partial charge in [0.25, 0.3) is 0 Å². The Kier molecular flexibility index (Phi) is 8.76. The van der Waals surface area contributed by atoms with E-state index in [1.54, 1.807) is 0 Å². The van der Waals surface area contributed by atoms with Gasteiger partial charge in [0.05, 0.1) is 0 Å². The molecule has 0 aliphatic rings. The van der Waals surface area contributed by atoms with Crippen molar-refractivity contribution in [1.29, 1.82) is 0 Å². The molecule has 2 N–H and O–H groups in total. The zero-order chi connectivity index (χ0) is 15.5. The summed E-state index contributed by atoms with van der Waals surface area (Å²) in [7, 11) is 0. The Morgan fingerprint density at radius 1 is 1.00 bits per heavy atom. The predicted molar refractivity (Wildman–Crippen MR) is 90.4 cm³/mol. The van der Waals surface area contributed by atoms with Gasteiger partial charge in [0.15, 0.2) is 0 Å². The molecule has 0 aliphatic heterocycles. The Morgan fingerprint density at radius 2 is 1.67 bits per heavy atom. The Labute approximate surface area is 129 Å². The minimum atomic E-state index is 0.244. The molecular formula is C18H30N2O. The van der Waals surface area contributed by atoms with Crippen LogP contribution in [0.3, 0.4) is 0 Å². The zero-order valence-corrected chi connectivity index (χ0v) is 13.6. The highest BCUT2D eigenvalue weighted by Gasteiger charge is 2.14. The average Bonchev–Trinajstić information content (AvgIpc) is 2.52. The fourth-order valence-corrected chi connectivity index (χ4v) is 2.45. The second-order valence-corrected chi connectivity index (χ2v) is 5.58. The number of benzene rings is 1. The van der Waals surface area contributed by atoms with Crippen molar-refractivity contribution in [3.8, 4) is 0 Å². The average molecular weight is 290 g/mol. The van der Waals surface area contributed by atoms with Crippen molar-refractivity contribution in [2.24, 2.45) is 5.73 Å². The van der Waals surface area contributed by atoms with E-state index in [9.17, 15) is 4.79 Å². The summed E-state index contributed by atoms with van der Waals surface area (Å²) in [5.74, 6) is 0.244. The highest BCUT2D eigenvalue weighted by atomic mass is 16.2. The topological polar surface area (TPSA) is 46.3 Å². The van der Waals surface area contributed by atoms with E-state index < -0.39 is 0 Å². The van der Waals surface area contributed by atoms with Crippen LogP contribution in [0, 0.1) is 0 Å². The molecule has 0 aromatic heterocycles. The van der Waals surface area contributed by atoms with E-state index in [0.717, 1.165) is 37.1 Å². The highest BCUT2D eigenvalue weighted by molar-refractivity contribution is 5.93. The van der Waals surface area contributed by atoms with Crippen LogP contribution < -0.4 is 10.6 Å². The van der Waals surface area contributed by atoms with Crippen LogP contribution in [0.5, 0.6) is 0 Å². The molecule has 0 radical (unpaired) electrons. The fraction of sp³-hybridized carbons (Fsp3) is 0.611. The van der Waals surface area contributed by atoms with Crippen molar-refractivity contribution in [2.45, 2.75) is 65.3 Å². The van der Waals surface area contributed by atoms with Crippen LogP contribution in [0.4, 0.5) is 5.69 Å². The van der Waals surface area contributed by atoms with Crippen molar-refractivity contribution in [1.82, 2.24) is 0 Å². The standard InChI is InChI=1S/C18H30N2O/c1-3-5-6-7-8-9-18(21)20(14-4-2)17-12-10-16(15-19)11-13-17/h10-13H,3-9,14-15,19H2,1-2H3. The Balaban J connectivity index is 2.56. The van der Waals surface area contributed by atoms with Gasteiger partial charge >= 0.3 is 0 Å². The molecule has 0 heterocycles. The van der Waals surface area contributed by atoms with Gasteiger partial charge in [-0.3, -0.25) is 4.79 Å². The molecule has 0 saturated heterocycles. The summed E-state index contributed by atoms with van der Waals surface area (Å²) in [5, 5.41) is 0. The SMILES string of the molecule is CCCCCCCC(=O)N(CCC)c1ccc(CN)cc1. The predicted octanol–water partition coefficient (Wildman–Crippen LogP) is 4.25. The fourth-order valence-electron chi connectivity index (χ4n) is 2.45. The number of anilines is 1. The number of hydrogen-bond acceptors (Lipinski definition) is 2. The lowest BCUT2D eigenvalue weighted by Gasteiger charge is -2.22. The molecule has 0 unspecified atom stereocenters. The quantitative estimate of drug-likeness (QED) is 0.655. The van der Waals surface area contributed by atoms with Gasteiger partial charge < -0.3 is 10.6 Å². The molecule has 0 bridgehead atoms. The first kappa shape index (κ1) is 17.7. The van der Waals surface area contributed by atoms with Gasteiger partial charge in [-0.05, 0) is 30.5 Å². The van der Waals surface area contributed by atoms with Crippen LogP contribution in [0.1, 0.15) is 64.4 Å². The van der Waals surface area contributed by atoms with Crippen molar-refractivity contribution >= 4 is 11.6 Å². The van der Waals surface area contributed by atoms with E-state index >= 15 is 0 Å². The van der Waals surface area contributed by atoms with Gasteiger partial charge in [-0.15, -0.1) is 0 Å². The number of amides is 1. The smallest absolute Gasteiger partial charge is 0.226 e. The Bertz CT molecular complexity index is 400. The lowest BCUT2D eigenvalue weighted by atomic mass is 10.1. The molecule has 1 aromatic carbocycles. The number of carbonyl (C=O) groups excluding carboxylic acids is 1. The van der Waals surface area contributed by atoms with Gasteiger partial charge in [-0.2, -0.15) is 0 Å². The second kappa shape index (κ2) is 10.4. The molecule has 0 saturated carbocycles. The summed E-state index contributed by atoms with van der Waals surface area (Å²) in [6, 6.07) is 8.03. The summed E-state index contributed by atoms with van der Waals surface area (Å²) in [6.45, 7) is 5.64. The maximum Gasteiger partial charge on any atom is 0.226 e. The van der Waals surface area contributed by atoms with Crippen LogP contribution in [0.15, 0.2) is 24.3 Å². The molecule has 21 heavy (non-hydrogen) atoms. The number of hydrogen-bond donors (Lipinski definition) is 1. The van der Waals surface area contributed by atoms with Crippen LogP contribution >= 0.6 is 0 Å². The lowest BCUT2D eigenvalue weighted by molar-refractivity contribution is -0.118. The van der Waals surface area contributed by atoms with Gasteiger partial charge in [0.2, 0.25) is 5.91 Å². The third-order valence-corrected chi connectivity index (χ3v) is 3.73. The summed E-state index contributed by atoms with van der Waals surface area (Å²) in [6.07, 6.45) is 7.54. The molecule has 0 fully saturated rings. The highest BCUT2D eigenvalue weighted by Crippen LogP contribution is 2.18. The number of nitrogens with zero attached hydrogens (tertiary/aromatic N) is 1. The summed E-state index contributed by atoms with van der Waals surface area (Å²) < 4.78 is 0. The maximum atomic E-state index is 12.4. The Hall–Kier alpha value is -1.35. The van der Waals surface area contributed by atoms with Crippen LogP contribution in [-0.4, -0.2) is 12.5 Å². The number of carbonyl (C=O) groups is 1. The number of unbranched alkanes of at least 4 members (excludes halogenated alkanes) is 4. The minimum absolute atomic E-state index is 0.244. The van der Waals surface area contributed by atoms with Crippen LogP contribution in [0.2, 0.25) is 0 Å². The van der Waals surface area contributed by atoms with Crippen LogP contribution in [0.25, 0.3) is 0 Å². The molecule has 3 nitrogen and oxygen atoms in total. The molecule has 0 aliphatic carbocycles. The van der Waals surface area contributed by atoms with Gasteiger partial charge in [0.1, 0.15) is 0 Å². The number of rotatable bonds is 10. The first-order valence-electron chi connectivity index (χ1n) is 8.32. The van der Waals surface area contributed by atoms with Crippen molar-refractivity contribution in [3.63, 3.8) is 0 Å². The summed E-state index contributed by atoms with van der Waals surface area (Å²) >= 11 is 0. The second-order valence-electron chi connectivity index (χ2n) is 5.58. The molecule has 1 amide bonds. The largest absolute Gasteiger partial charge is 0.326 e. The minimum Gasteiger partial charge on any atom is -0.326 e. The van der Waals surface area contributed by atoms with Crippen molar-refractivity contribution < 1.29 is 4.79 Å². The molecular weight excluding hydrogens is 260 g/mol. The van der Waals surface area contributed by atoms with E-state index in [1.165, 1.54) is 19.3 Å². The van der Waals surface area contributed by atoms with Gasteiger partial charge in [0, 0.05) is 25.2 Å². The monoisotopic (exact) mass is 290 g/mol. The van der Waals surface area contributed by atoms with Crippen molar-refractivity contribution in [2.75, 3.05) is 11.4 Å². The number of nitrogens with two attached hydrogens (primary N) is 1. The molecule has 0 atom stereocenters. The third kappa shape index (κ3) is 6.30. The molecule has 1 aromatic rings.